The summed E-state index contributed by atoms with van der Waals surface area (Å²) in [4.78, 5) is 24.8. The van der Waals surface area contributed by atoms with Crippen molar-refractivity contribution < 1.29 is 14.3 Å². The summed E-state index contributed by atoms with van der Waals surface area (Å²) in [5.41, 5.74) is 1.70. The van der Waals surface area contributed by atoms with Crippen molar-refractivity contribution in [3.63, 3.8) is 0 Å². The average Bonchev–Trinajstić information content (AvgIpc) is 3.50. The van der Waals surface area contributed by atoms with E-state index < -0.39 is 0 Å². The number of aryl methyl sites for hydroxylation is 1. The fourth-order valence-electron chi connectivity index (χ4n) is 4.26. The summed E-state index contributed by atoms with van der Waals surface area (Å²) in [5, 5.41) is 14.1. The predicted octanol–water partition coefficient (Wildman–Crippen LogP) is 3.36. The van der Waals surface area contributed by atoms with E-state index >= 15 is 0 Å². The predicted molar refractivity (Wildman–Crippen MR) is 132 cm³/mol. The van der Waals surface area contributed by atoms with Gasteiger partial charge in [-0.1, -0.05) is 0 Å². The van der Waals surface area contributed by atoms with Gasteiger partial charge in [0.15, 0.2) is 5.16 Å². The van der Waals surface area contributed by atoms with Gasteiger partial charge in [0.05, 0.1) is 18.9 Å². The average molecular weight is 494 g/mol. The minimum Gasteiger partial charge on any atom is -0.371 e. The van der Waals surface area contributed by atoms with Crippen molar-refractivity contribution in [2.45, 2.75) is 42.0 Å². The summed E-state index contributed by atoms with van der Waals surface area (Å²) in [5.74, 6) is 2.53. The van der Waals surface area contributed by atoms with Crippen LogP contribution in [0.15, 0.2) is 46.5 Å². The first-order valence-corrected chi connectivity index (χ1v) is 12.7. The Balaban J connectivity index is 1.22. The lowest BCUT2D eigenvalue weighted by Gasteiger charge is -2.24. The van der Waals surface area contributed by atoms with Crippen molar-refractivity contribution in [3.05, 3.63) is 42.1 Å². The molecule has 2 atom stereocenters. The zero-order valence-corrected chi connectivity index (χ0v) is 20.2. The van der Waals surface area contributed by atoms with Gasteiger partial charge in [0.2, 0.25) is 5.91 Å². The van der Waals surface area contributed by atoms with E-state index in [1.165, 1.54) is 11.8 Å². The molecule has 3 N–H and O–H groups in total. The van der Waals surface area contributed by atoms with Crippen LogP contribution < -0.4 is 15.5 Å². The first kappa shape index (κ1) is 22.3. The molecule has 3 aliphatic rings. The Hall–Kier alpha value is -3.15. The zero-order chi connectivity index (χ0) is 23.8. The Morgan fingerprint density at radius 2 is 1.83 bits per heavy atom. The van der Waals surface area contributed by atoms with Gasteiger partial charge in [-0.25, -0.2) is 9.97 Å². The molecule has 2 saturated heterocycles. The third kappa shape index (κ3) is 5.26. The molecule has 6 rings (SSSR count). The molecule has 10 nitrogen and oxygen atoms in total. The van der Waals surface area contributed by atoms with Gasteiger partial charge in [0.25, 0.3) is 0 Å². The molecular weight excluding hydrogens is 466 g/mol. The fourth-order valence-corrected chi connectivity index (χ4v) is 5.03. The van der Waals surface area contributed by atoms with Crippen LogP contribution in [0.4, 0.5) is 23.1 Å². The molecule has 0 radical (unpaired) electrons. The number of rotatable bonds is 7. The summed E-state index contributed by atoms with van der Waals surface area (Å²) in [6.45, 7) is 4.64. The van der Waals surface area contributed by atoms with Crippen molar-refractivity contribution in [3.8, 4) is 0 Å². The summed E-state index contributed by atoms with van der Waals surface area (Å²) in [7, 11) is 0. The highest BCUT2D eigenvalue weighted by atomic mass is 32.2. The SMILES string of the molecule is Cc1cc(Nc2cc(N3C[C@@H]4OCCO[C@@H]4C3)nc(Sc3ccc(NC(=O)C4CC4)cc3)n2)[nH]n1. The van der Waals surface area contributed by atoms with Gasteiger partial charge in [-0.15, -0.1) is 0 Å². The van der Waals surface area contributed by atoms with Crippen molar-refractivity contribution in [1.29, 1.82) is 0 Å². The normalized spacial score (nSPS) is 21.6. The lowest BCUT2D eigenvalue weighted by atomic mass is 10.2. The first-order valence-electron chi connectivity index (χ1n) is 11.8. The van der Waals surface area contributed by atoms with Gasteiger partial charge < -0.3 is 25.0 Å². The van der Waals surface area contributed by atoms with E-state index in [0.717, 1.165) is 53.8 Å². The summed E-state index contributed by atoms with van der Waals surface area (Å²) >= 11 is 1.47. The molecule has 11 heteroatoms. The van der Waals surface area contributed by atoms with E-state index in [2.05, 4.69) is 25.7 Å². The Bertz CT molecular complexity index is 1200. The number of aromatic amines is 1. The molecule has 1 amide bonds. The first-order chi connectivity index (χ1) is 17.1. The van der Waals surface area contributed by atoms with Crippen LogP contribution in [-0.4, -0.2) is 64.6 Å². The van der Waals surface area contributed by atoms with Gasteiger partial charge in [-0.3, -0.25) is 9.89 Å². The Morgan fingerprint density at radius 1 is 1.09 bits per heavy atom. The molecule has 0 spiro atoms. The highest BCUT2D eigenvalue weighted by Gasteiger charge is 2.37. The van der Waals surface area contributed by atoms with Crippen LogP contribution in [0, 0.1) is 12.8 Å². The fraction of sp³-hybridized carbons (Fsp3) is 0.417. The minimum absolute atomic E-state index is 0.0554. The Kier molecular flexibility index (Phi) is 6.05. The highest BCUT2D eigenvalue weighted by molar-refractivity contribution is 7.99. The lowest BCUT2D eigenvalue weighted by Crippen LogP contribution is -2.36. The number of hydrogen-bond acceptors (Lipinski definition) is 9. The monoisotopic (exact) mass is 493 g/mol. The van der Waals surface area contributed by atoms with Crippen LogP contribution in [0.1, 0.15) is 18.5 Å². The highest BCUT2D eigenvalue weighted by Crippen LogP contribution is 2.33. The van der Waals surface area contributed by atoms with E-state index in [1.54, 1.807) is 0 Å². The smallest absolute Gasteiger partial charge is 0.227 e. The molecule has 0 bridgehead atoms. The third-order valence-corrected chi connectivity index (χ3v) is 7.10. The van der Waals surface area contributed by atoms with Crippen molar-refractivity contribution >= 4 is 40.8 Å². The van der Waals surface area contributed by atoms with Gasteiger partial charge in [-0.2, -0.15) is 5.10 Å². The summed E-state index contributed by atoms with van der Waals surface area (Å²) in [6, 6.07) is 11.6. The number of anilines is 4. The molecule has 1 aromatic carbocycles. The van der Waals surface area contributed by atoms with E-state index in [-0.39, 0.29) is 24.0 Å². The van der Waals surface area contributed by atoms with E-state index in [1.807, 2.05) is 43.3 Å². The number of nitrogens with one attached hydrogen (secondary N) is 3. The number of carbonyl (C=O) groups is 1. The van der Waals surface area contributed by atoms with Crippen LogP contribution in [0.2, 0.25) is 0 Å². The quantitative estimate of drug-likeness (QED) is 0.426. The van der Waals surface area contributed by atoms with Crippen molar-refractivity contribution in [2.75, 3.05) is 41.8 Å². The molecule has 35 heavy (non-hydrogen) atoms. The summed E-state index contributed by atoms with van der Waals surface area (Å²) < 4.78 is 11.8. The second kappa shape index (κ2) is 9.48. The van der Waals surface area contributed by atoms with Crippen molar-refractivity contribution in [1.82, 2.24) is 20.2 Å². The van der Waals surface area contributed by atoms with Gasteiger partial charge in [-0.05, 0) is 55.8 Å². The number of carbonyl (C=O) groups excluding carboxylic acids is 1. The number of benzene rings is 1. The van der Waals surface area contributed by atoms with Gasteiger partial charge >= 0.3 is 0 Å². The Labute approximate surface area is 207 Å². The van der Waals surface area contributed by atoms with Crippen molar-refractivity contribution in [2.24, 2.45) is 5.92 Å². The number of nitrogens with zero attached hydrogens (tertiary/aromatic N) is 4. The molecule has 2 aromatic heterocycles. The molecular formula is C24H27N7O3S. The third-order valence-electron chi connectivity index (χ3n) is 6.23. The van der Waals surface area contributed by atoms with Crippen LogP contribution >= 0.6 is 11.8 Å². The zero-order valence-electron chi connectivity index (χ0n) is 19.4. The van der Waals surface area contributed by atoms with Crippen LogP contribution in [0.25, 0.3) is 0 Å². The molecule has 3 aromatic rings. The molecule has 1 saturated carbocycles. The summed E-state index contributed by atoms with van der Waals surface area (Å²) in [6.07, 6.45) is 2.08. The topological polar surface area (TPSA) is 117 Å². The van der Waals surface area contributed by atoms with Crippen LogP contribution in [0.5, 0.6) is 0 Å². The Morgan fingerprint density at radius 3 is 2.49 bits per heavy atom. The lowest BCUT2D eigenvalue weighted by molar-refractivity contribution is -0.117. The van der Waals surface area contributed by atoms with Crippen LogP contribution in [-0.2, 0) is 14.3 Å². The number of H-pyrrole nitrogens is 1. The largest absolute Gasteiger partial charge is 0.371 e. The second-order valence-electron chi connectivity index (χ2n) is 9.06. The standard InChI is InChI=1S/C24H27N7O3S/c1-14-10-21(30-29-14)26-20-11-22(31-12-18-19(13-31)34-9-8-33-18)28-24(27-20)35-17-6-4-16(5-7-17)25-23(32)15-2-3-15/h4-7,10-11,15,18-19H,2-3,8-9,12-13H2,1H3,(H,25,32)(H2,26,27,28,29,30)/t18-,19+. The molecule has 182 valence electrons. The number of aromatic nitrogens is 4. The number of fused-ring (bicyclic) bond motifs is 1. The number of hydrogen-bond donors (Lipinski definition) is 3. The number of amides is 1. The maximum absolute atomic E-state index is 12.0. The maximum atomic E-state index is 12.0. The second-order valence-corrected chi connectivity index (χ2v) is 10.1. The van der Waals surface area contributed by atoms with E-state index in [4.69, 9.17) is 19.4 Å². The van der Waals surface area contributed by atoms with Gasteiger partial charge in [0, 0.05) is 41.7 Å². The molecule has 1 aliphatic carbocycles. The van der Waals surface area contributed by atoms with Gasteiger partial charge in [0.1, 0.15) is 29.7 Å². The molecule has 3 fully saturated rings. The minimum atomic E-state index is 0.0554. The maximum Gasteiger partial charge on any atom is 0.227 e. The van der Waals surface area contributed by atoms with E-state index in [9.17, 15) is 4.79 Å². The van der Waals surface area contributed by atoms with E-state index in [0.29, 0.717) is 24.2 Å². The number of ether oxygens (including phenoxy) is 2. The molecule has 4 heterocycles. The molecule has 2 aliphatic heterocycles. The van der Waals surface area contributed by atoms with Crippen LogP contribution in [0.3, 0.4) is 0 Å². The molecule has 0 unspecified atom stereocenters.